The first-order valence-corrected chi connectivity index (χ1v) is 4.11. The summed E-state index contributed by atoms with van der Waals surface area (Å²) in [6, 6.07) is 2.26. The summed E-state index contributed by atoms with van der Waals surface area (Å²) in [6.07, 6.45) is 0. The van der Waals surface area contributed by atoms with E-state index in [9.17, 15) is 14.9 Å². The molecular weight excluding hydrogens is 214 g/mol. The molecule has 0 atom stereocenters. The molecule has 0 aliphatic heterocycles. The van der Waals surface area contributed by atoms with Gasteiger partial charge in [0, 0.05) is 27.8 Å². The first-order valence-electron chi connectivity index (χ1n) is 4.11. The summed E-state index contributed by atoms with van der Waals surface area (Å²) >= 11 is 0. The minimum absolute atomic E-state index is 0.0190. The summed E-state index contributed by atoms with van der Waals surface area (Å²) in [5.74, 6) is -0.822. The fourth-order valence-electron chi connectivity index (χ4n) is 1.17. The van der Waals surface area contributed by atoms with Crippen LogP contribution in [0.1, 0.15) is 15.9 Å². The summed E-state index contributed by atoms with van der Waals surface area (Å²) in [7, 11) is 0. The Bertz CT molecular complexity index is 495. The van der Waals surface area contributed by atoms with Crippen molar-refractivity contribution in [3.8, 4) is 0 Å². The van der Waals surface area contributed by atoms with E-state index in [0.717, 1.165) is 6.07 Å². The van der Waals surface area contributed by atoms with Crippen molar-refractivity contribution < 1.29 is 9.72 Å². The summed E-state index contributed by atoms with van der Waals surface area (Å²) in [6.45, 7) is 1.42. The largest absolute Gasteiger partial charge is 0.366 e. The minimum atomic E-state index is -0.822. The van der Waals surface area contributed by atoms with E-state index in [2.05, 4.69) is 10.0 Å². The Kier molecular flexibility index (Phi) is 3.07. The van der Waals surface area contributed by atoms with Crippen LogP contribution >= 0.6 is 0 Å². The van der Waals surface area contributed by atoms with Gasteiger partial charge >= 0.3 is 0 Å². The van der Waals surface area contributed by atoms with Crippen molar-refractivity contribution >= 4 is 17.3 Å². The molecule has 0 unspecified atom stereocenters. The van der Waals surface area contributed by atoms with Crippen LogP contribution in [-0.4, -0.2) is 10.8 Å². The molecule has 0 bridgehead atoms. The van der Waals surface area contributed by atoms with Gasteiger partial charge in [0.05, 0.1) is 4.92 Å². The molecular formula is C8H7N5O3. The predicted octanol–water partition coefficient (Wildman–Crippen LogP) is 1.94. The molecule has 0 aliphatic rings. The average Bonchev–Trinajstić information content (AvgIpc) is 2.20. The van der Waals surface area contributed by atoms with Gasteiger partial charge in [0.2, 0.25) is 5.91 Å². The first-order chi connectivity index (χ1) is 7.47. The number of carbonyl (C=O) groups is 1. The summed E-state index contributed by atoms with van der Waals surface area (Å²) < 4.78 is 0. The van der Waals surface area contributed by atoms with E-state index < -0.39 is 10.8 Å². The third kappa shape index (κ3) is 2.07. The highest BCUT2D eigenvalue weighted by molar-refractivity contribution is 5.94. The zero-order valence-corrected chi connectivity index (χ0v) is 8.25. The number of azide groups is 1. The molecule has 2 N–H and O–H groups in total. The van der Waals surface area contributed by atoms with Gasteiger partial charge in [-0.25, -0.2) is 0 Å². The Labute approximate surface area is 89.4 Å². The maximum atomic E-state index is 10.9. The van der Waals surface area contributed by atoms with Crippen LogP contribution in [0.2, 0.25) is 0 Å². The standard InChI is InChI=1S/C8H7N5O3/c1-4-6(11-12-10)2-5(8(9)14)3-7(4)13(15)16/h2-3H,1H3,(H2,9,14). The Hall–Kier alpha value is -2.60. The normalized spacial score (nSPS) is 9.31. The molecule has 1 amide bonds. The molecule has 1 aromatic carbocycles. The smallest absolute Gasteiger partial charge is 0.273 e. The van der Waals surface area contributed by atoms with E-state index in [0.29, 0.717) is 0 Å². The molecule has 82 valence electrons. The van der Waals surface area contributed by atoms with Crippen LogP contribution < -0.4 is 5.73 Å². The number of benzene rings is 1. The van der Waals surface area contributed by atoms with Gasteiger partial charge in [0.25, 0.3) is 5.69 Å². The average molecular weight is 221 g/mol. The van der Waals surface area contributed by atoms with E-state index in [1.54, 1.807) is 0 Å². The molecule has 0 radical (unpaired) electrons. The summed E-state index contributed by atoms with van der Waals surface area (Å²) in [5, 5.41) is 13.9. The van der Waals surface area contributed by atoms with E-state index in [1.165, 1.54) is 13.0 Å². The quantitative estimate of drug-likeness (QED) is 0.274. The van der Waals surface area contributed by atoms with E-state index in [4.69, 9.17) is 11.3 Å². The van der Waals surface area contributed by atoms with Crippen LogP contribution in [-0.2, 0) is 0 Å². The highest BCUT2D eigenvalue weighted by atomic mass is 16.6. The molecule has 1 aromatic rings. The number of nitrogens with zero attached hydrogens (tertiary/aromatic N) is 4. The first kappa shape index (κ1) is 11.5. The van der Waals surface area contributed by atoms with Crippen LogP contribution in [0.25, 0.3) is 10.4 Å². The lowest BCUT2D eigenvalue weighted by Gasteiger charge is -2.03. The fourth-order valence-corrected chi connectivity index (χ4v) is 1.17. The molecule has 0 spiro atoms. The number of rotatable bonds is 3. The van der Waals surface area contributed by atoms with E-state index in [-0.39, 0.29) is 22.5 Å². The van der Waals surface area contributed by atoms with Crippen molar-refractivity contribution in [1.82, 2.24) is 0 Å². The van der Waals surface area contributed by atoms with Crippen LogP contribution in [0.4, 0.5) is 11.4 Å². The van der Waals surface area contributed by atoms with Gasteiger partial charge in [-0.05, 0) is 18.5 Å². The molecule has 16 heavy (non-hydrogen) atoms. The van der Waals surface area contributed by atoms with Gasteiger partial charge in [-0.2, -0.15) is 0 Å². The number of nitro benzene ring substituents is 1. The van der Waals surface area contributed by atoms with Gasteiger partial charge in [-0.3, -0.25) is 14.9 Å². The second kappa shape index (κ2) is 4.28. The fraction of sp³-hybridized carbons (Fsp3) is 0.125. The lowest BCUT2D eigenvalue weighted by molar-refractivity contribution is -0.385. The number of primary amides is 1. The highest BCUT2D eigenvalue weighted by Gasteiger charge is 2.17. The van der Waals surface area contributed by atoms with Crippen LogP contribution in [0, 0.1) is 17.0 Å². The number of nitrogens with two attached hydrogens (primary N) is 1. The van der Waals surface area contributed by atoms with Crippen LogP contribution in [0.5, 0.6) is 0 Å². The van der Waals surface area contributed by atoms with Crippen molar-refractivity contribution in [3.05, 3.63) is 43.8 Å². The maximum absolute atomic E-state index is 10.9. The molecule has 0 saturated heterocycles. The van der Waals surface area contributed by atoms with Crippen molar-refractivity contribution in [3.63, 3.8) is 0 Å². The lowest BCUT2D eigenvalue weighted by Crippen LogP contribution is -2.11. The predicted molar refractivity (Wildman–Crippen MR) is 55.2 cm³/mol. The van der Waals surface area contributed by atoms with Crippen molar-refractivity contribution in [2.45, 2.75) is 6.92 Å². The summed E-state index contributed by atoms with van der Waals surface area (Å²) in [5.41, 5.74) is 13.1. The van der Waals surface area contributed by atoms with Gasteiger partial charge in [-0.1, -0.05) is 5.11 Å². The molecule has 8 nitrogen and oxygen atoms in total. The topological polar surface area (TPSA) is 135 Å². The number of amides is 1. The molecule has 0 saturated carbocycles. The zero-order chi connectivity index (χ0) is 12.3. The van der Waals surface area contributed by atoms with Gasteiger partial charge < -0.3 is 5.73 Å². The second-order valence-electron chi connectivity index (χ2n) is 2.95. The SMILES string of the molecule is Cc1c(N=[N+]=[N-])cc(C(N)=O)cc1[N+](=O)[O-]. The highest BCUT2D eigenvalue weighted by Crippen LogP contribution is 2.29. The van der Waals surface area contributed by atoms with Crippen LogP contribution in [0.15, 0.2) is 17.2 Å². The molecule has 1 rings (SSSR count). The van der Waals surface area contributed by atoms with Crippen LogP contribution in [0.3, 0.4) is 0 Å². The Morgan fingerprint density at radius 1 is 1.62 bits per heavy atom. The number of nitro groups is 1. The molecule has 0 heterocycles. The Balaban J connectivity index is 3.56. The third-order valence-electron chi connectivity index (χ3n) is 1.99. The van der Waals surface area contributed by atoms with Gasteiger partial charge in [-0.15, -0.1) is 0 Å². The lowest BCUT2D eigenvalue weighted by atomic mass is 10.1. The monoisotopic (exact) mass is 221 g/mol. The second-order valence-corrected chi connectivity index (χ2v) is 2.95. The molecule has 8 heteroatoms. The molecule has 0 aliphatic carbocycles. The number of hydrogen-bond acceptors (Lipinski definition) is 4. The van der Waals surface area contributed by atoms with E-state index in [1.807, 2.05) is 0 Å². The number of carbonyl (C=O) groups excluding carboxylic acids is 1. The minimum Gasteiger partial charge on any atom is -0.366 e. The zero-order valence-electron chi connectivity index (χ0n) is 8.25. The molecule has 0 aromatic heterocycles. The summed E-state index contributed by atoms with van der Waals surface area (Å²) in [4.78, 5) is 23.4. The van der Waals surface area contributed by atoms with Gasteiger partial charge in [0.1, 0.15) is 0 Å². The van der Waals surface area contributed by atoms with Crippen molar-refractivity contribution in [2.75, 3.05) is 0 Å². The van der Waals surface area contributed by atoms with Crippen molar-refractivity contribution in [2.24, 2.45) is 10.8 Å². The Morgan fingerprint density at radius 2 is 2.25 bits per heavy atom. The Morgan fingerprint density at radius 3 is 2.69 bits per heavy atom. The maximum Gasteiger partial charge on any atom is 0.273 e. The third-order valence-corrected chi connectivity index (χ3v) is 1.99. The molecule has 0 fully saturated rings. The van der Waals surface area contributed by atoms with Crippen molar-refractivity contribution in [1.29, 1.82) is 0 Å². The number of hydrogen-bond donors (Lipinski definition) is 1. The van der Waals surface area contributed by atoms with E-state index >= 15 is 0 Å². The van der Waals surface area contributed by atoms with Gasteiger partial charge in [0.15, 0.2) is 0 Å².